The lowest BCUT2D eigenvalue weighted by molar-refractivity contribution is 0.410. The lowest BCUT2D eigenvalue weighted by atomic mass is 10.2. The molecule has 106 valence electrons. The number of aliphatic imine (C=N–C) groups is 1. The third-order valence-electron chi connectivity index (χ3n) is 2.61. The second-order valence-corrected chi connectivity index (χ2v) is 4.85. The van der Waals surface area contributed by atoms with Crippen molar-refractivity contribution < 1.29 is 4.52 Å². The van der Waals surface area contributed by atoms with Crippen LogP contribution in [0.15, 0.2) is 40.0 Å². The molecule has 0 amide bonds. The van der Waals surface area contributed by atoms with Crippen molar-refractivity contribution in [1.29, 1.82) is 0 Å². The molecule has 2 aromatic rings. The molecule has 0 unspecified atom stereocenters. The zero-order valence-electron chi connectivity index (χ0n) is 10.9. The van der Waals surface area contributed by atoms with E-state index in [1.54, 1.807) is 25.2 Å². The van der Waals surface area contributed by atoms with Crippen molar-refractivity contribution in [3.63, 3.8) is 0 Å². The van der Waals surface area contributed by atoms with Crippen LogP contribution in [0.4, 0.5) is 0 Å². The maximum Gasteiger partial charge on any atom is 0.191 e. The van der Waals surface area contributed by atoms with Crippen LogP contribution in [-0.4, -0.2) is 18.2 Å². The summed E-state index contributed by atoms with van der Waals surface area (Å²) in [6.45, 7) is 1.08. The first kappa shape index (κ1) is 14.7. The lowest BCUT2D eigenvalue weighted by Gasteiger charge is -2.11. The Balaban J connectivity index is 1.87. The number of aromatic nitrogens is 1. The molecule has 0 saturated carbocycles. The van der Waals surface area contributed by atoms with E-state index in [2.05, 4.69) is 20.8 Å². The van der Waals surface area contributed by atoms with E-state index in [1.165, 1.54) is 6.26 Å². The third kappa shape index (κ3) is 4.15. The van der Waals surface area contributed by atoms with Gasteiger partial charge in [-0.25, -0.2) is 0 Å². The van der Waals surface area contributed by atoms with Gasteiger partial charge in [-0.05, 0) is 17.7 Å². The van der Waals surface area contributed by atoms with Gasteiger partial charge in [-0.3, -0.25) is 4.99 Å². The minimum absolute atomic E-state index is 0.532. The van der Waals surface area contributed by atoms with E-state index >= 15 is 0 Å². The highest BCUT2D eigenvalue weighted by Gasteiger charge is 2.04. The predicted molar refractivity (Wildman–Crippen MR) is 80.0 cm³/mol. The number of rotatable bonds is 4. The Morgan fingerprint density at radius 3 is 2.70 bits per heavy atom. The molecule has 0 aliphatic rings. The second kappa shape index (κ2) is 7.17. The molecule has 2 N–H and O–H groups in total. The maximum atomic E-state index is 6.11. The summed E-state index contributed by atoms with van der Waals surface area (Å²) >= 11 is 12.0. The molecular formula is C13H14Cl2N4O. The van der Waals surface area contributed by atoms with E-state index in [9.17, 15) is 0 Å². The molecule has 5 nitrogen and oxygen atoms in total. The van der Waals surface area contributed by atoms with Gasteiger partial charge in [-0.15, -0.1) is 0 Å². The number of nitrogens with one attached hydrogen (secondary N) is 2. The fourth-order valence-corrected chi connectivity index (χ4v) is 2.04. The molecule has 0 atom stereocenters. The monoisotopic (exact) mass is 312 g/mol. The molecule has 0 saturated heterocycles. The van der Waals surface area contributed by atoms with E-state index in [4.69, 9.17) is 27.7 Å². The van der Waals surface area contributed by atoms with Crippen LogP contribution in [0.2, 0.25) is 10.0 Å². The fraction of sp³-hybridized carbons (Fsp3) is 0.231. The number of nitrogens with zero attached hydrogens (tertiary/aromatic N) is 2. The summed E-state index contributed by atoms with van der Waals surface area (Å²) in [6, 6.07) is 7.18. The van der Waals surface area contributed by atoms with Crippen molar-refractivity contribution in [2.24, 2.45) is 4.99 Å². The van der Waals surface area contributed by atoms with Gasteiger partial charge < -0.3 is 15.2 Å². The fourth-order valence-electron chi connectivity index (χ4n) is 1.57. The van der Waals surface area contributed by atoms with Crippen molar-refractivity contribution in [2.45, 2.75) is 13.1 Å². The SMILES string of the molecule is CN=C(NCc1ccon1)NCc1ccc(Cl)cc1Cl. The molecule has 0 aliphatic heterocycles. The van der Waals surface area contributed by atoms with Gasteiger partial charge in [0.25, 0.3) is 0 Å². The second-order valence-electron chi connectivity index (χ2n) is 4.01. The Morgan fingerprint density at radius 1 is 1.25 bits per heavy atom. The van der Waals surface area contributed by atoms with Crippen LogP contribution in [-0.2, 0) is 13.1 Å². The maximum absolute atomic E-state index is 6.11. The summed E-state index contributed by atoms with van der Waals surface area (Å²) in [6.07, 6.45) is 1.53. The molecule has 0 spiro atoms. The zero-order chi connectivity index (χ0) is 14.4. The van der Waals surface area contributed by atoms with Crippen molar-refractivity contribution >= 4 is 29.2 Å². The molecule has 0 bridgehead atoms. The van der Waals surface area contributed by atoms with E-state index < -0.39 is 0 Å². The van der Waals surface area contributed by atoms with E-state index in [-0.39, 0.29) is 0 Å². The van der Waals surface area contributed by atoms with Gasteiger partial charge in [0.05, 0.1) is 6.54 Å². The molecule has 1 heterocycles. The lowest BCUT2D eigenvalue weighted by Crippen LogP contribution is -2.36. The molecule has 0 fully saturated rings. The van der Waals surface area contributed by atoms with Gasteiger partial charge in [0.2, 0.25) is 0 Å². The normalized spacial score (nSPS) is 11.4. The van der Waals surface area contributed by atoms with Crippen molar-refractivity contribution in [3.8, 4) is 0 Å². The topological polar surface area (TPSA) is 62.5 Å². The van der Waals surface area contributed by atoms with Crippen LogP contribution in [0.5, 0.6) is 0 Å². The highest BCUT2D eigenvalue weighted by Crippen LogP contribution is 2.20. The average molecular weight is 313 g/mol. The van der Waals surface area contributed by atoms with E-state index in [0.29, 0.717) is 29.1 Å². The van der Waals surface area contributed by atoms with Crippen LogP contribution in [0, 0.1) is 0 Å². The number of benzene rings is 1. The molecule has 2 rings (SSSR count). The Morgan fingerprint density at radius 2 is 2.05 bits per heavy atom. The summed E-state index contributed by atoms with van der Waals surface area (Å²) < 4.78 is 4.76. The van der Waals surface area contributed by atoms with Gasteiger partial charge in [0, 0.05) is 29.7 Å². The van der Waals surface area contributed by atoms with Crippen LogP contribution in [0.25, 0.3) is 0 Å². The summed E-state index contributed by atoms with van der Waals surface area (Å²) in [4.78, 5) is 4.12. The standard InChI is InChI=1S/C13H14Cl2N4O/c1-16-13(18-8-11-4-5-20-19-11)17-7-9-2-3-10(14)6-12(9)15/h2-6H,7-8H2,1H3,(H2,16,17,18). The Labute approximate surface area is 127 Å². The van der Waals surface area contributed by atoms with Crippen LogP contribution in [0.3, 0.4) is 0 Å². The Bertz CT molecular complexity index is 584. The molecule has 7 heteroatoms. The Kier molecular flexibility index (Phi) is 5.26. The number of hydrogen-bond acceptors (Lipinski definition) is 3. The van der Waals surface area contributed by atoms with Gasteiger partial charge in [0.15, 0.2) is 5.96 Å². The van der Waals surface area contributed by atoms with E-state index in [0.717, 1.165) is 11.3 Å². The molecule has 0 radical (unpaired) electrons. The first-order chi connectivity index (χ1) is 9.69. The highest BCUT2D eigenvalue weighted by molar-refractivity contribution is 6.35. The molecule has 20 heavy (non-hydrogen) atoms. The van der Waals surface area contributed by atoms with Gasteiger partial charge in [-0.2, -0.15) is 0 Å². The average Bonchev–Trinajstić information content (AvgIpc) is 2.94. The third-order valence-corrected chi connectivity index (χ3v) is 3.20. The first-order valence-electron chi connectivity index (χ1n) is 5.96. The predicted octanol–water partition coefficient (Wildman–Crippen LogP) is 2.85. The molecular weight excluding hydrogens is 299 g/mol. The number of halogens is 2. The van der Waals surface area contributed by atoms with Crippen LogP contribution in [0.1, 0.15) is 11.3 Å². The Hall–Kier alpha value is -1.72. The van der Waals surface area contributed by atoms with Crippen LogP contribution < -0.4 is 10.6 Å². The number of guanidine groups is 1. The minimum Gasteiger partial charge on any atom is -0.364 e. The quantitative estimate of drug-likeness (QED) is 0.673. The molecule has 1 aromatic heterocycles. The summed E-state index contributed by atoms with van der Waals surface area (Å²) in [7, 11) is 1.70. The first-order valence-corrected chi connectivity index (χ1v) is 6.72. The number of hydrogen-bond donors (Lipinski definition) is 2. The van der Waals surface area contributed by atoms with Crippen molar-refractivity contribution in [3.05, 3.63) is 51.8 Å². The van der Waals surface area contributed by atoms with Crippen molar-refractivity contribution in [1.82, 2.24) is 15.8 Å². The van der Waals surface area contributed by atoms with Gasteiger partial charge >= 0.3 is 0 Å². The highest BCUT2D eigenvalue weighted by atomic mass is 35.5. The summed E-state index contributed by atoms with van der Waals surface area (Å²) in [5.41, 5.74) is 1.75. The zero-order valence-corrected chi connectivity index (χ0v) is 12.4. The van der Waals surface area contributed by atoms with E-state index in [1.807, 2.05) is 6.07 Å². The molecule has 0 aliphatic carbocycles. The minimum atomic E-state index is 0.532. The van der Waals surface area contributed by atoms with Crippen LogP contribution >= 0.6 is 23.2 Å². The molecule has 1 aromatic carbocycles. The van der Waals surface area contributed by atoms with Gasteiger partial charge in [-0.1, -0.05) is 34.4 Å². The summed E-state index contributed by atoms with van der Waals surface area (Å²) in [5.74, 6) is 0.652. The van der Waals surface area contributed by atoms with Crippen molar-refractivity contribution in [2.75, 3.05) is 7.05 Å². The summed E-state index contributed by atoms with van der Waals surface area (Å²) in [5, 5.41) is 11.3. The smallest absolute Gasteiger partial charge is 0.191 e. The largest absolute Gasteiger partial charge is 0.364 e. The van der Waals surface area contributed by atoms with Gasteiger partial charge in [0.1, 0.15) is 12.0 Å².